The van der Waals surface area contributed by atoms with Crippen LogP contribution in [0.1, 0.15) is 27.6 Å². The van der Waals surface area contributed by atoms with Crippen molar-refractivity contribution in [3.8, 4) is 0 Å². The van der Waals surface area contributed by atoms with Crippen LogP contribution in [0.15, 0.2) is 39.2 Å². The Morgan fingerprint density at radius 3 is 3.07 bits per heavy atom. The number of carbonyl (C=O) groups is 1. The van der Waals surface area contributed by atoms with E-state index in [0.717, 1.165) is 5.56 Å². The number of carbonyl (C=O) groups excluding carboxylic acids is 1. The lowest BCUT2D eigenvalue weighted by Crippen LogP contribution is -2.28. The summed E-state index contributed by atoms with van der Waals surface area (Å²) in [4.78, 5) is 33.1. The molecule has 1 N–H and O–H groups in total. The molecule has 0 bridgehead atoms. The van der Waals surface area contributed by atoms with Gasteiger partial charge in [-0.2, -0.15) is 5.10 Å². The Labute approximate surface area is 157 Å². The highest BCUT2D eigenvalue weighted by Gasteiger charge is 2.18. The van der Waals surface area contributed by atoms with Gasteiger partial charge in [0.05, 0.1) is 18.3 Å². The Morgan fingerprint density at radius 1 is 1.44 bits per heavy atom. The number of fused-ring (bicyclic) bond motifs is 1. The van der Waals surface area contributed by atoms with Crippen LogP contribution in [-0.2, 0) is 13.1 Å². The van der Waals surface area contributed by atoms with E-state index in [1.165, 1.54) is 16.2 Å². The second kappa shape index (κ2) is 6.80. The normalized spacial score (nSPS) is 11.2. The summed E-state index contributed by atoms with van der Waals surface area (Å²) in [6.45, 7) is 2.49. The van der Waals surface area contributed by atoms with Crippen LogP contribution in [-0.4, -0.2) is 42.8 Å². The van der Waals surface area contributed by atoms with Gasteiger partial charge in [-0.3, -0.25) is 14.3 Å². The highest BCUT2D eigenvalue weighted by Crippen LogP contribution is 2.15. The number of aryl methyl sites for hydroxylation is 1. The van der Waals surface area contributed by atoms with Crippen LogP contribution < -0.4 is 5.56 Å². The number of hydrogen-bond acceptors (Lipinski definition) is 7. The lowest BCUT2D eigenvalue weighted by molar-refractivity contribution is 0.0771. The quantitative estimate of drug-likeness (QED) is 0.562. The first-order valence-electron chi connectivity index (χ1n) is 8.16. The molecule has 1 amide bonds. The van der Waals surface area contributed by atoms with E-state index in [-0.39, 0.29) is 23.7 Å². The predicted octanol–water partition coefficient (Wildman–Crippen LogP) is 1.80. The molecule has 0 saturated carbocycles. The van der Waals surface area contributed by atoms with Crippen LogP contribution >= 0.6 is 11.3 Å². The Morgan fingerprint density at radius 2 is 2.30 bits per heavy atom. The maximum absolute atomic E-state index is 12.6. The lowest BCUT2D eigenvalue weighted by atomic mass is 10.3. The molecular weight excluding hydrogens is 368 g/mol. The standard InChI is InChI=1S/C17H16N6O3S/c1-10-6-18-23(7-10)8-11-5-13(21-26-11)17(25)22(2)9-14-19-12-3-4-27-15(12)16(24)20-14/h3-7H,8-9H2,1-2H3,(H,19,20,24). The maximum atomic E-state index is 12.6. The number of thiophene rings is 1. The third kappa shape index (κ3) is 3.51. The molecule has 0 aliphatic heterocycles. The Bertz CT molecular complexity index is 1170. The van der Waals surface area contributed by atoms with Gasteiger partial charge in [-0.25, -0.2) is 4.98 Å². The largest absolute Gasteiger partial charge is 0.359 e. The van der Waals surface area contributed by atoms with Gasteiger partial charge in [0, 0.05) is 19.3 Å². The molecule has 4 aromatic heterocycles. The number of nitrogens with one attached hydrogen (secondary N) is 1. The van der Waals surface area contributed by atoms with Crippen molar-refractivity contribution in [3.63, 3.8) is 0 Å². The zero-order valence-electron chi connectivity index (χ0n) is 14.7. The first kappa shape index (κ1) is 17.2. The molecule has 0 aliphatic carbocycles. The summed E-state index contributed by atoms with van der Waals surface area (Å²) in [5.41, 5.74) is 1.65. The van der Waals surface area contributed by atoms with Gasteiger partial charge in [0.1, 0.15) is 17.1 Å². The van der Waals surface area contributed by atoms with Crippen molar-refractivity contribution in [2.24, 2.45) is 0 Å². The number of aromatic nitrogens is 5. The van der Waals surface area contributed by atoms with E-state index in [2.05, 4.69) is 20.2 Å². The van der Waals surface area contributed by atoms with Gasteiger partial charge < -0.3 is 14.4 Å². The SMILES string of the molecule is Cc1cnn(Cc2cc(C(=O)N(C)Cc3nc4ccsc4c(=O)[nH]3)no2)c1. The zero-order chi connectivity index (χ0) is 19.0. The van der Waals surface area contributed by atoms with Gasteiger partial charge in [-0.15, -0.1) is 11.3 Å². The summed E-state index contributed by atoms with van der Waals surface area (Å²) < 4.78 is 7.51. The first-order valence-corrected chi connectivity index (χ1v) is 9.04. The van der Waals surface area contributed by atoms with E-state index in [1.54, 1.807) is 30.1 Å². The summed E-state index contributed by atoms with van der Waals surface area (Å²) in [5, 5.41) is 9.83. The van der Waals surface area contributed by atoms with Crippen molar-refractivity contribution in [3.05, 3.63) is 63.1 Å². The summed E-state index contributed by atoms with van der Waals surface area (Å²) >= 11 is 1.33. The molecule has 27 heavy (non-hydrogen) atoms. The Balaban J connectivity index is 1.47. The molecule has 9 nitrogen and oxygen atoms in total. The van der Waals surface area contributed by atoms with E-state index >= 15 is 0 Å². The van der Waals surface area contributed by atoms with Crippen LogP contribution in [0.3, 0.4) is 0 Å². The molecule has 0 unspecified atom stereocenters. The Kier molecular flexibility index (Phi) is 4.32. The highest BCUT2D eigenvalue weighted by atomic mass is 32.1. The summed E-state index contributed by atoms with van der Waals surface area (Å²) in [5.74, 6) is 0.619. The van der Waals surface area contributed by atoms with Crippen molar-refractivity contribution < 1.29 is 9.32 Å². The highest BCUT2D eigenvalue weighted by molar-refractivity contribution is 7.17. The molecule has 0 atom stereocenters. The second-order valence-electron chi connectivity index (χ2n) is 6.20. The van der Waals surface area contributed by atoms with Crippen molar-refractivity contribution in [2.75, 3.05) is 7.05 Å². The van der Waals surface area contributed by atoms with E-state index < -0.39 is 0 Å². The van der Waals surface area contributed by atoms with E-state index in [4.69, 9.17) is 4.52 Å². The molecule has 138 valence electrons. The number of H-pyrrole nitrogens is 1. The van der Waals surface area contributed by atoms with Crippen LogP contribution in [0, 0.1) is 6.92 Å². The third-order valence-electron chi connectivity index (χ3n) is 3.96. The molecule has 4 rings (SSSR count). The topological polar surface area (TPSA) is 110 Å². The van der Waals surface area contributed by atoms with E-state index in [0.29, 0.717) is 28.3 Å². The molecule has 0 saturated heterocycles. The first-order chi connectivity index (χ1) is 13.0. The van der Waals surface area contributed by atoms with Crippen LogP contribution in [0.25, 0.3) is 10.2 Å². The van der Waals surface area contributed by atoms with Crippen LogP contribution in [0.5, 0.6) is 0 Å². The minimum Gasteiger partial charge on any atom is -0.359 e. The van der Waals surface area contributed by atoms with Crippen molar-refractivity contribution in [1.82, 2.24) is 29.8 Å². The molecule has 0 spiro atoms. The average molecular weight is 384 g/mol. The molecule has 4 aromatic rings. The summed E-state index contributed by atoms with van der Waals surface area (Å²) in [6, 6.07) is 3.37. The van der Waals surface area contributed by atoms with Crippen molar-refractivity contribution in [1.29, 1.82) is 0 Å². The number of hydrogen-bond donors (Lipinski definition) is 1. The van der Waals surface area contributed by atoms with Crippen molar-refractivity contribution >= 4 is 27.5 Å². The van der Waals surface area contributed by atoms with Gasteiger partial charge in [-0.1, -0.05) is 5.16 Å². The van der Waals surface area contributed by atoms with Gasteiger partial charge in [0.2, 0.25) is 0 Å². The molecule has 0 radical (unpaired) electrons. The number of rotatable bonds is 5. The minimum absolute atomic E-state index is 0.153. The fraction of sp³-hybridized carbons (Fsp3) is 0.235. The number of nitrogens with zero attached hydrogens (tertiary/aromatic N) is 5. The Hall–Kier alpha value is -3.27. The minimum atomic E-state index is -0.324. The molecule has 10 heteroatoms. The average Bonchev–Trinajstić information content (AvgIpc) is 3.36. The maximum Gasteiger partial charge on any atom is 0.276 e. The predicted molar refractivity (Wildman–Crippen MR) is 98.6 cm³/mol. The van der Waals surface area contributed by atoms with Gasteiger partial charge in [0.15, 0.2) is 11.5 Å². The molecule has 0 fully saturated rings. The van der Waals surface area contributed by atoms with Gasteiger partial charge in [-0.05, 0) is 23.9 Å². The fourth-order valence-electron chi connectivity index (χ4n) is 2.69. The number of aromatic amines is 1. The fourth-order valence-corrected chi connectivity index (χ4v) is 3.42. The molecular formula is C17H16N6O3S. The van der Waals surface area contributed by atoms with Crippen LogP contribution in [0.2, 0.25) is 0 Å². The second-order valence-corrected chi connectivity index (χ2v) is 7.12. The van der Waals surface area contributed by atoms with Gasteiger partial charge >= 0.3 is 0 Å². The third-order valence-corrected chi connectivity index (χ3v) is 4.86. The molecule has 0 aromatic carbocycles. The van der Waals surface area contributed by atoms with Crippen molar-refractivity contribution in [2.45, 2.75) is 20.0 Å². The van der Waals surface area contributed by atoms with Gasteiger partial charge in [0.25, 0.3) is 11.5 Å². The number of amides is 1. The lowest BCUT2D eigenvalue weighted by Gasteiger charge is -2.14. The monoisotopic (exact) mass is 384 g/mol. The summed E-state index contributed by atoms with van der Waals surface area (Å²) in [7, 11) is 1.62. The smallest absolute Gasteiger partial charge is 0.276 e. The summed E-state index contributed by atoms with van der Waals surface area (Å²) in [6.07, 6.45) is 3.62. The van der Waals surface area contributed by atoms with Crippen LogP contribution in [0.4, 0.5) is 0 Å². The zero-order valence-corrected chi connectivity index (χ0v) is 15.5. The molecule has 4 heterocycles. The van der Waals surface area contributed by atoms with E-state index in [1.807, 2.05) is 18.5 Å². The van der Waals surface area contributed by atoms with E-state index in [9.17, 15) is 9.59 Å². The molecule has 0 aliphatic rings.